The molecule has 0 aliphatic rings. The highest BCUT2D eigenvalue weighted by Crippen LogP contribution is 2.27. The third-order valence-corrected chi connectivity index (χ3v) is 3.89. The quantitative estimate of drug-likeness (QED) is 0.642. The highest BCUT2D eigenvalue weighted by molar-refractivity contribution is 7.90. The average molecular weight is 279 g/mol. The van der Waals surface area contributed by atoms with Crippen LogP contribution in [-0.2, 0) is 9.84 Å². The maximum absolute atomic E-state index is 11.0. The Morgan fingerprint density at radius 3 is 2.79 bits per heavy atom. The van der Waals surface area contributed by atoms with Crippen LogP contribution in [0.15, 0.2) is 30.6 Å². The van der Waals surface area contributed by atoms with Gasteiger partial charge >= 0.3 is 0 Å². The molecule has 0 aliphatic carbocycles. The Balaban J connectivity index is 2.11. The third kappa shape index (κ3) is 3.57. The van der Waals surface area contributed by atoms with Crippen LogP contribution < -0.4 is 11.1 Å². The molecule has 0 radical (unpaired) electrons. The largest absolute Gasteiger partial charge is 0.398 e. The fourth-order valence-electron chi connectivity index (χ4n) is 1.92. The average Bonchev–Trinajstić information content (AvgIpc) is 2.36. The topological polar surface area (TPSA) is 85.1 Å². The molecule has 6 heteroatoms. The van der Waals surface area contributed by atoms with E-state index in [-0.39, 0.29) is 5.75 Å². The molecule has 2 aromatic rings. The van der Waals surface area contributed by atoms with Crippen molar-refractivity contribution in [1.82, 2.24) is 4.98 Å². The number of sulfone groups is 1. The Bertz CT molecular complexity index is 683. The lowest BCUT2D eigenvalue weighted by Crippen LogP contribution is -2.10. The molecule has 5 nitrogen and oxygen atoms in total. The third-order valence-electron chi connectivity index (χ3n) is 2.86. The Morgan fingerprint density at radius 2 is 2.05 bits per heavy atom. The van der Waals surface area contributed by atoms with Crippen molar-refractivity contribution < 1.29 is 8.42 Å². The minimum absolute atomic E-state index is 0.189. The van der Waals surface area contributed by atoms with Gasteiger partial charge in [0.2, 0.25) is 0 Å². The molecule has 0 unspecified atom stereocenters. The Morgan fingerprint density at radius 1 is 1.26 bits per heavy atom. The molecule has 1 aromatic heterocycles. The van der Waals surface area contributed by atoms with Crippen LogP contribution in [0, 0.1) is 0 Å². The van der Waals surface area contributed by atoms with Crippen molar-refractivity contribution in [1.29, 1.82) is 0 Å². The van der Waals surface area contributed by atoms with Gasteiger partial charge in [0.15, 0.2) is 0 Å². The highest BCUT2D eigenvalue weighted by Gasteiger charge is 2.05. The number of hydrogen-bond donors (Lipinski definition) is 2. The molecule has 0 fully saturated rings. The molecule has 0 saturated carbocycles. The van der Waals surface area contributed by atoms with Crippen molar-refractivity contribution in [2.45, 2.75) is 6.42 Å². The van der Waals surface area contributed by atoms with Gasteiger partial charge in [0.25, 0.3) is 0 Å². The van der Waals surface area contributed by atoms with Gasteiger partial charge in [-0.1, -0.05) is 0 Å². The fourth-order valence-corrected chi connectivity index (χ4v) is 2.59. The molecule has 0 saturated heterocycles. The van der Waals surface area contributed by atoms with Crippen molar-refractivity contribution in [3.63, 3.8) is 0 Å². The number of pyridine rings is 1. The number of nitrogens with two attached hydrogens (primary N) is 1. The van der Waals surface area contributed by atoms with Crippen molar-refractivity contribution in [2.75, 3.05) is 29.6 Å². The number of rotatable bonds is 5. The van der Waals surface area contributed by atoms with Crippen LogP contribution in [0.5, 0.6) is 0 Å². The van der Waals surface area contributed by atoms with Gasteiger partial charge in [-0.3, -0.25) is 4.98 Å². The summed E-state index contributed by atoms with van der Waals surface area (Å²) in [5, 5.41) is 5.13. The smallest absolute Gasteiger partial charge is 0.147 e. The second-order valence-electron chi connectivity index (χ2n) is 4.53. The lowest BCUT2D eigenvalue weighted by molar-refractivity contribution is 0.600. The number of hydrogen-bond acceptors (Lipinski definition) is 5. The molecule has 2 rings (SSSR count). The monoisotopic (exact) mass is 279 g/mol. The molecule has 0 spiro atoms. The van der Waals surface area contributed by atoms with Crippen LogP contribution in [0.2, 0.25) is 0 Å². The maximum Gasteiger partial charge on any atom is 0.147 e. The standard InChI is InChI=1S/C13H17N3O2S/c1-19(17,18)8-2-6-16-13-4-3-12(14)11-9-15-7-5-10(11)13/h3-5,7,9,16H,2,6,8,14H2,1H3. The summed E-state index contributed by atoms with van der Waals surface area (Å²) in [6.45, 7) is 0.606. The van der Waals surface area contributed by atoms with Crippen LogP contribution in [0.4, 0.5) is 11.4 Å². The van der Waals surface area contributed by atoms with Crippen LogP contribution in [0.3, 0.4) is 0 Å². The van der Waals surface area contributed by atoms with Crippen LogP contribution in [0.1, 0.15) is 6.42 Å². The van der Waals surface area contributed by atoms with Crippen LogP contribution >= 0.6 is 0 Å². The summed E-state index contributed by atoms with van der Waals surface area (Å²) < 4.78 is 22.1. The van der Waals surface area contributed by atoms with Crippen molar-refractivity contribution in [2.24, 2.45) is 0 Å². The van der Waals surface area contributed by atoms with Gasteiger partial charge in [0.05, 0.1) is 5.75 Å². The Hall–Kier alpha value is -1.82. The number of anilines is 2. The number of aromatic nitrogens is 1. The summed E-state index contributed by atoms with van der Waals surface area (Å²) in [5.74, 6) is 0.189. The summed E-state index contributed by atoms with van der Waals surface area (Å²) in [7, 11) is -2.90. The summed E-state index contributed by atoms with van der Waals surface area (Å²) >= 11 is 0. The zero-order chi connectivity index (χ0) is 13.9. The normalized spacial score (nSPS) is 11.6. The molecule has 19 heavy (non-hydrogen) atoms. The Kier molecular flexibility index (Phi) is 3.90. The molecule has 0 atom stereocenters. The van der Waals surface area contributed by atoms with E-state index >= 15 is 0 Å². The molecule has 0 aliphatic heterocycles. The second-order valence-corrected chi connectivity index (χ2v) is 6.79. The molecule has 0 amide bonds. The molecular formula is C13H17N3O2S. The Labute approximate surface area is 112 Å². The van der Waals surface area contributed by atoms with Crippen LogP contribution in [-0.4, -0.2) is 32.0 Å². The first kappa shape index (κ1) is 13.6. The van der Waals surface area contributed by atoms with Crippen molar-refractivity contribution in [3.8, 4) is 0 Å². The predicted molar refractivity (Wildman–Crippen MR) is 79.0 cm³/mol. The SMILES string of the molecule is CS(=O)(=O)CCCNc1ccc(N)c2cnccc12. The molecule has 0 bridgehead atoms. The number of fused-ring (bicyclic) bond motifs is 1. The van der Waals surface area contributed by atoms with Gasteiger partial charge in [-0.2, -0.15) is 0 Å². The minimum atomic E-state index is -2.90. The van der Waals surface area contributed by atoms with Gasteiger partial charge in [0.1, 0.15) is 9.84 Å². The van der Waals surface area contributed by atoms with E-state index in [1.807, 2.05) is 18.2 Å². The van der Waals surface area contributed by atoms with E-state index in [1.54, 1.807) is 12.4 Å². The van der Waals surface area contributed by atoms with Gasteiger partial charge < -0.3 is 11.1 Å². The summed E-state index contributed by atoms with van der Waals surface area (Å²) in [5.41, 5.74) is 7.52. The molecule has 102 valence electrons. The first-order valence-corrected chi connectivity index (χ1v) is 8.07. The summed E-state index contributed by atoms with van der Waals surface area (Å²) in [6, 6.07) is 5.62. The van der Waals surface area contributed by atoms with E-state index < -0.39 is 9.84 Å². The van der Waals surface area contributed by atoms with E-state index in [9.17, 15) is 8.42 Å². The van der Waals surface area contributed by atoms with Gasteiger partial charge in [-0.15, -0.1) is 0 Å². The number of nitrogen functional groups attached to an aromatic ring is 1. The lowest BCUT2D eigenvalue weighted by Gasteiger charge is -2.10. The van der Waals surface area contributed by atoms with Crippen molar-refractivity contribution in [3.05, 3.63) is 30.6 Å². The van der Waals surface area contributed by atoms with Gasteiger partial charge in [-0.25, -0.2) is 8.42 Å². The summed E-state index contributed by atoms with van der Waals surface area (Å²) in [4.78, 5) is 4.06. The first-order valence-electron chi connectivity index (χ1n) is 6.01. The molecular weight excluding hydrogens is 262 g/mol. The first-order chi connectivity index (χ1) is 8.97. The number of benzene rings is 1. The molecule has 1 aromatic carbocycles. The molecule has 1 heterocycles. The van der Waals surface area contributed by atoms with Gasteiger partial charge in [-0.05, 0) is 24.6 Å². The fraction of sp³-hybridized carbons (Fsp3) is 0.308. The van der Waals surface area contributed by atoms with E-state index in [4.69, 9.17) is 5.73 Å². The zero-order valence-corrected chi connectivity index (χ0v) is 11.6. The predicted octanol–water partition coefficient (Wildman–Crippen LogP) is 1.66. The van der Waals surface area contributed by atoms with Crippen molar-refractivity contribution >= 4 is 32.0 Å². The highest BCUT2D eigenvalue weighted by atomic mass is 32.2. The second kappa shape index (κ2) is 5.44. The number of nitrogens with zero attached hydrogens (tertiary/aromatic N) is 1. The van der Waals surface area contributed by atoms with E-state index in [0.717, 1.165) is 16.5 Å². The maximum atomic E-state index is 11.0. The van der Waals surface area contributed by atoms with E-state index in [2.05, 4.69) is 10.3 Å². The number of nitrogens with one attached hydrogen (secondary N) is 1. The molecule has 3 N–H and O–H groups in total. The van der Waals surface area contributed by atoms with E-state index in [1.165, 1.54) is 6.26 Å². The van der Waals surface area contributed by atoms with Crippen LogP contribution in [0.25, 0.3) is 10.8 Å². The lowest BCUT2D eigenvalue weighted by atomic mass is 10.1. The van der Waals surface area contributed by atoms with Gasteiger partial charge in [0, 0.05) is 47.3 Å². The minimum Gasteiger partial charge on any atom is -0.398 e. The zero-order valence-electron chi connectivity index (χ0n) is 10.8. The van der Waals surface area contributed by atoms with E-state index in [0.29, 0.717) is 18.7 Å². The summed E-state index contributed by atoms with van der Waals surface area (Å²) in [6.07, 6.45) is 5.27.